The Bertz CT molecular complexity index is 325. The summed E-state index contributed by atoms with van der Waals surface area (Å²) < 4.78 is 5.81. The standard InChI is InChI=1S/C15H29N3O/c1-12-10-19-13(2)9-18(12)15(11-16)6-8-17-7-4-3-5-14(15)17/h12-14H,3-11,16H2,1-2H3. The lowest BCUT2D eigenvalue weighted by Gasteiger charge is -2.52. The molecular formula is C15H29N3O. The maximum Gasteiger partial charge on any atom is 0.0675 e. The third-order valence-electron chi connectivity index (χ3n) is 5.60. The molecular weight excluding hydrogens is 238 g/mol. The first kappa shape index (κ1) is 13.8. The summed E-state index contributed by atoms with van der Waals surface area (Å²) in [6.45, 7) is 9.70. The van der Waals surface area contributed by atoms with Crippen molar-refractivity contribution in [3.8, 4) is 0 Å². The summed E-state index contributed by atoms with van der Waals surface area (Å²) in [5.74, 6) is 0. The second-order valence-corrected chi connectivity index (χ2v) is 6.75. The van der Waals surface area contributed by atoms with Crippen molar-refractivity contribution < 1.29 is 4.74 Å². The first-order valence-corrected chi connectivity index (χ1v) is 8.00. The molecule has 4 heteroatoms. The molecule has 4 unspecified atom stereocenters. The third-order valence-corrected chi connectivity index (χ3v) is 5.60. The Balaban J connectivity index is 1.85. The third kappa shape index (κ3) is 2.23. The number of rotatable bonds is 2. The number of morpholine rings is 1. The number of hydrogen-bond acceptors (Lipinski definition) is 4. The summed E-state index contributed by atoms with van der Waals surface area (Å²) in [5, 5.41) is 0. The molecule has 0 aliphatic carbocycles. The average molecular weight is 267 g/mol. The van der Waals surface area contributed by atoms with E-state index in [1.807, 2.05) is 0 Å². The van der Waals surface area contributed by atoms with Gasteiger partial charge in [-0.3, -0.25) is 9.80 Å². The topological polar surface area (TPSA) is 41.7 Å². The maximum atomic E-state index is 6.31. The van der Waals surface area contributed by atoms with E-state index in [2.05, 4.69) is 23.6 Å². The summed E-state index contributed by atoms with van der Waals surface area (Å²) in [4.78, 5) is 5.39. The molecule has 0 amide bonds. The van der Waals surface area contributed by atoms with E-state index in [0.717, 1.165) is 19.7 Å². The molecule has 0 bridgehead atoms. The van der Waals surface area contributed by atoms with Gasteiger partial charge in [0.2, 0.25) is 0 Å². The molecule has 4 nitrogen and oxygen atoms in total. The Labute approximate surface area is 117 Å². The van der Waals surface area contributed by atoms with Crippen LogP contribution >= 0.6 is 0 Å². The first-order valence-electron chi connectivity index (χ1n) is 8.00. The van der Waals surface area contributed by atoms with Gasteiger partial charge in [-0.2, -0.15) is 0 Å². The lowest BCUT2D eigenvalue weighted by Crippen LogP contribution is -2.67. The summed E-state index contributed by atoms with van der Waals surface area (Å²) in [5.41, 5.74) is 6.51. The monoisotopic (exact) mass is 267 g/mol. The largest absolute Gasteiger partial charge is 0.376 e. The van der Waals surface area contributed by atoms with Crippen LogP contribution in [0.3, 0.4) is 0 Å². The normalized spacial score (nSPS) is 45.3. The molecule has 110 valence electrons. The summed E-state index contributed by atoms with van der Waals surface area (Å²) in [7, 11) is 0. The molecule has 0 spiro atoms. The molecule has 0 saturated carbocycles. The summed E-state index contributed by atoms with van der Waals surface area (Å²) in [6, 6.07) is 1.18. The minimum Gasteiger partial charge on any atom is -0.376 e. The summed E-state index contributed by atoms with van der Waals surface area (Å²) in [6.07, 6.45) is 5.65. The quantitative estimate of drug-likeness (QED) is 0.812. The lowest BCUT2D eigenvalue weighted by atomic mass is 9.82. The van der Waals surface area contributed by atoms with Gasteiger partial charge in [-0.05, 0) is 39.7 Å². The molecule has 3 rings (SSSR count). The van der Waals surface area contributed by atoms with E-state index >= 15 is 0 Å². The van der Waals surface area contributed by atoms with E-state index in [1.54, 1.807) is 0 Å². The van der Waals surface area contributed by atoms with Crippen molar-refractivity contribution in [2.24, 2.45) is 5.73 Å². The van der Waals surface area contributed by atoms with Gasteiger partial charge in [0.25, 0.3) is 0 Å². The minimum atomic E-state index is 0.206. The molecule has 19 heavy (non-hydrogen) atoms. The van der Waals surface area contributed by atoms with Crippen LogP contribution in [0, 0.1) is 0 Å². The van der Waals surface area contributed by atoms with Gasteiger partial charge in [0.05, 0.1) is 18.2 Å². The second-order valence-electron chi connectivity index (χ2n) is 6.75. The molecule has 3 aliphatic rings. The van der Waals surface area contributed by atoms with Gasteiger partial charge < -0.3 is 10.5 Å². The highest BCUT2D eigenvalue weighted by Crippen LogP contribution is 2.40. The van der Waals surface area contributed by atoms with Crippen LogP contribution in [0.4, 0.5) is 0 Å². The van der Waals surface area contributed by atoms with Gasteiger partial charge in [-0.25, -0.2) is 0 Å². The Morgan fingerprint density at radius 2 is 2.11 bits per heavy atom. The van der Waals surface area contributed by atoms with Gasteiger partial charge in [-0.1, -0.05) is 6.42 Å². The highest BCUT2D eigenvalue weighted by atomic mass is 16.5. The average Bonchev–Trinajstić information content (AvgIpc) is 2.82. The molecule has 0 aromatic carbocycles. The van der Waals surface area contributed by atoms with Crippen LogP contribution in [-0.4, -0.2) is 66.3 Å². The van der Waals surface area contributed by atoms with Gasteiger partial charge in [0, 0.05) is 31.7 Å². The van der Waals surface area contributed by atoms with Crippen LogP contribution in [-0.2, 0) is 4.74 Å². The molecule has 3 fully saturated rings. The predicted octanol–water partition coefficient (Wildman–Crippen LogP) is 1.05. The van der Waals surface area contributed by atoms with Gasteiger partial charge in [-0.15, -0.1) is 0 Å². The van der Waals surface area contributed by atoms with Gasteiger partial charge >= 0.3 is 0 Å². The van der Waals surface area contributed by atoms with Crippen molar-refractivity contribution in [2.45, 2.75) is 63.3 Å². The molecule has 3 aliphatic heterocycles. The van der Waals surface area contributed by atoms with E-state index < -0.39 is 0 Å². The smallest absolute Gasteiger partial charge is 0.0675 e. The molecule has 0 aromatic rings. The summed E-state index contributed by atoms with van der Waals surface area (Å²) >= 11 is 0. The van der Waals surface area contributed by atoms with Crippen molar-refractivity contribution in [3.63, 3.8) is 0 Å². The van der Waals surface area contributed by atoms with Crippen molar-refractivity contribution >= 4 is 0 Å². The molecule has 3 saturated heterocycles. The fraction of sp³-hybridized carbons (Fsp3) is 1.00. The molecule has 3 heterocycles. The molecule has 0 aromatic heterocycles. The van der Waals surface area contributed by atoms with E-state index in [-0.39, 0.29) is 5.54 Å². The van der Waals surface area contributed by atoms with Crippen LogP contribution in [0.5, 0.6) is 0 Å². The van der Waals surface area contributed by atoms with Crippen LogP contribution in [0.1, 0.15) is 39.5 Å². The van der Waals surface area contributed by atoms with Crippen molar-refractivity contribution in [1.82, 2.24) is 9.80 Å². The van der Waals surface area contributed by atoms with Crippen molar-refractivity contribution in [2.75, 3.05) is 32.8 Å². The maximum absolute atomic E-state index is 6.31. The first-order chi connectivity index (χ1) is 9.17. The van der Waals surface area contributed by atoms with Gasteiger partial charge in [0.1, 0.15) is 0 Å². The Hall–Kier alpha value is -0.160. The number of hydrogen-bond donors (Lipinski definition) is 1. The minimum absolute atomic E-state index is 0.206. The number of ether oxygens (including phenoxy) is 1. The predicted molar refractivity (Wildman–Crippen MR) is 77.2 cm³/mol. The number of piperidine rings is 1. The van der Waals surface area contributed by atoms with E-state index in [0.29, 0.717) is 18.2 Å². The molecule has 4 atom stereocenters. The highest BCUT2D eigenvalue weighted by molar-refractivity contribution is 5.10. The molecule has 2 N–H and O–H groups in total. The fourth-order valence-electron chi connectivity index (χ4n) is 4.59. The zero-order chi connectivity index (χ0) is 13.5. The molecule has 0 radical (unpaired) electrons. The number of fused-ring (bicyclic) bond motifs is 1. The van der Waals surface area contributed by atoms with Crippen LogP contribution in [0.15, 0.2) is 0 Å². The SMILES string of the molecule is CC1CN(C2(CN)CCN3CCCCC32)C(C)CO1. The zero-order valence-electron chi connectivity index (χ0n) is 12.5. The lowest BCUT2D eigenvalue weighted by molar-refractivity contribution is -0.103. The van der Waals surface area contributed by atoms with E-state index in [1.165, 1.54) is 38.8 Å². The van der Waals surface area contributed by atoms with Crippen LogP contribution in [0.25, 0.3) is 0 Å². The van der Waals surface area contributed by atoms with Crippen molar-refractivity contribution in [3.05, 3.63) is 0 Å². The van der Waals surface area contributed by atoms with Crippen LogP contribution < -0.4 is 5.73 Å². The van der Waals surface area contributed by atoms with Gasteiger partial charge in [0.15, 0.2) is 0 Å². The Morgan fingerprint density at radius 3 is 2.89 bits per heavy atom. The van der Waals surface area contributed by atoms with E-state index in [4.69, 9.17) is 10.5 Å². The number of nitrogens with zero attached hydrogens (tertiary/aromatic N) is 2. The fourth-order valence-corrected chi connectivity index (χ4v) is 4.59. The van der Waals surface area contributed by atoms with E-state index in [9.17, 15) is 0 Å². The zero-order valence-corrected chi connectivity index (χ0v) is 12.5. The van der Waals surface area contributed by atoms with Crippen LogP contribution in [0.2, 0.25) is 0 Å². The Kier molecular flexibility index (Phi) is 3.87. The second kappa shape index (κ2) is 5.32. The highest BCUT2D eigenvalue weighted by Gasteiger charge is 2.52. The number of nitrogens with two attached hydrogens (primary N) is 1. The van der Waals surface area contributed by atoms with Crippen molar-refractivity contribution in [1.29, 1.82) is 0 Å². The Morgan fingerprint density at radius 1 is 1.26 bits per heavy atom.